The van der Waals surface area contributed by atoms with E-state index in [-0.39, 0.29) is 11.7 Å². The summed E-state index contributed by atoms with van der Waals surface area (Å²) in [6.45, 7) is 1.21. The van der Waals surface area contributed by atoms with E-state index < -0.39 is 0 Å². The first-order chi connectivity index (χ1) is 10.6. The molecule has 1 heterocycles. The average molecular weight is 406 g/mol. The number of hydrogen-bond donors (Lipinski definition) is 1. The Morgan fingerprint density at radius 2 is 2.36 bits per heavy atom. The second-order valence-corrected chi connectivity index (χ2v) is 6.53. The van der Waals surface area contributed by atoms with Gasteiger partial charge in [-0.15, -0.1) is 10.2 Å². The Labute approximate surface area is 145 Å². The fraction of sp³-hybridized carbons (Fsp3) is 0.308. The van der Waals surface area contributed by atoms with E-state index >= 15 is 0 Å². The van der Waals surface area contributed by atoms with Gasteiger partial charge in [0.05, 0.1) is 23.1 Å². The van der Waals surface area contributed by atoms with Gasteiger partial charge in [-0.05, 0) is 18.2 Å². The van der Waals surface area contributed by atoms with Crippen LogP contribution in [0.1, 0.15) is 0 Å². The monoisotopic (exact) mass is 404 g/mol. The van der Waals surface area contributed by atoms with Crippen molar-refractivity contribution < 1.29 is 9.53 Å². The van der Waals surface area contributed by atoms with Crippen LogP contribution in [-0.2, 0) is 16.1 Å². The smallest absolute Gasteiger partial charge is 0.234 e. The third-order valence-electron chi connectivity index (χ3n) is 2.65. The number of benzene rings is 1. The maximum Gasteiger partial charge on any atom is 0.234 e. The number of aromatic nitrogens is 3. The van der Waals surface area contributed by atoms with Crippen molar-refractivity contribution in [2.24, 2.45) is 0 Å². The lowest BCUT2D eigenvalue weighted by molar-refractivity contribution is -0.113. The van der Waals surface area contributed by atoms with Crippen molar-refractivity contribution in [3.8, 4) is 0 Å². The van der Waals surface area contributed by atoms with Crippen LogP contribution in [0.2, 0.25) is 5.02 Å². The molecule has 1 amide bonds. The van der Waals surface area contributed by atoms with Crippen LogP contribution in [0.25, 0.3) is 0 Å². The minimum atomic E-state index is -0.157. The summed E-state index contributed by atoms with van der Waals surface area (Å²) in [6.07, 6.45) is 1.62. The van der Waals surface area contributed by atoms with Gasteiger partial charge >= 0.3 is 0 Å². The Morgan fingerprint density at radius 1 is 1.55 bits per heavy atom. The number of ether oxygens (including phenoxy) is 1. The van der Waals surface area contributed by atoms with Crippen molar-refractivity contribution >= 4 is 50.9 Å². The standard InChI is InChI=1S/C13H14BrClN4O2S/c1-21-5-4-19-8-16-18-13(19)22-7-12(20)17-11-3-2-9(14)6-10(11)15/h2-3,6,8H,4-5,7H2,1H3,(H,17,20). The van der Waals surface area contributed by atoms with Crippen LogP contribution < -0.4 is 5.32 Å². The highest BCUT2D eigenvalue weighted by Gasteiger charge is 2.10. The van der Waals surface area contributed by atoms with Crippen LogP contribution in [0, 0.1) is 0 Å². The molecule has 1 N–H and O–H groups in total. The SMILES string of the molecule is COCCn1cnnc1SCC(=O)Nc1ccc(Br)cc1Cl. The summed E-state index contributed by atoms with van der Waals surface area (Å²) in [4.78, 5) is 12.0. The summed E-state index contributed by atoms with van der Waals surface area (Å²) >= 11 is 10.7. The lowest BCUT2D eigenvalue weighted by atomic mass is 10.3. The molecule has 0 atom stereocenters. The van der Waals surface area contributed by atoms with Crippen LogP contribution >= 0.6 is 39.3 Å². The molecule has 1 aromatic carbocycles. The molecule has 118 valence electrons. The second kappa shape index (κ2) is 8.52. The van der Waals surface area contributed by atoms with Gasteiger partial charge in [0.2, 0.25) is 5.91 Å². The Balaban J connectivity index is 1.89. The number of rotatable bonds is 7. The summed E-state index contributed by atoms with van der Waals surface area (Å²) in [5, 5.41) is 11.7. The van der Waals surface area contributed by atoms with Crippen molar-refractivity contribution in [3.63, 3.8) is 0 Å². The Bertz CT molecular complexity index is 653. The molecule has 0 fully saturated rings. The first-order valence-electron chi connectivity index (χ1n) is 6.34. The van der Waals surface area contributed by atoms with Crippen LogP contribution in [0.15, 0.2) is 34.2 Å². The van der Waals surface area contributed by atoms with Crippen molar-refractivity contribution in [2.45, 2.75) is 11.7 Å². The molecule has 22 heavy (non-hydrogen) atoms. The highest BCUT2D eigenvalue weighted by molar-refractivity contribution is 9.10. The van der Waals surface area contributed by atoms with Gasteiger partial charge in [0, 0.05) is 18.1 Å². The molecule has 6 nitrogen and oxygen atoms in total. The minimum absolute atomic E-state index is 0.157. The number of carbonyl (C=O) groups is 1. The topological polar surface area (TPSA) is 69.0 Å². The molecule has 0 saturated heterocycles. The molecule has 0 saturated carbocycles. The van der Waals surface area contributed by atoms with E-state index in [2.05, 4.69) is 31.4 Å². The minimum Gasteiger partial charge on any atom is -0.383 e. The van der Waals surface area contributed by atoms with E-state index in [9.17, 15) is 4.79 Å². The van der Waals surface area contributed by atoms with Gasteiger partial charge in [0.1, 0.15) is 6.33 Å². The predicted octanol–water partition coefficient (Wildman–Crippen LogP) is 3.07. The van der Waals surface area contributed by atoms with Crippen molar-refractivity contribution in [2.75, 3.05) is 24.8 Å². The highest BCUT2D eigenvalue weighted by atomic mass is 79.9. The molecule has 0 aliphatic heterocycles. The van der Waals surface area contributed by atoms with E-state index in [0.717, 1.165) is 4.47 Å². The van der Waals surface area contributed by atoms with Crippen molar-refractivity contribution in [3.05, 3.63) is 34.0 Å². The fourth-order valence-corrected chi connectivity index (χ4v) is 3.07. The van der Waals surface area contributed by atoms with Gasteiger partial charge in [0.15, 0.2) is 5.16 Å². The number of halogens is 2. The van der Waals surface area contributed by atoms with Crippen LogP contribution in [0.4, 0.5) is 5.69 Å². The maximum absolute atomic E-state index is 12.0. The van der Waals surface area contributed by atoms with Crippen LogP contribution in [0.5, 0.6) is 0 Å². The summed E-state index contributed by atoms with van der Waals surface area (Å²) in [7, 11) is 1.63. The highest BCUT2D eigenvalue weighted by Crippen LogP contribution is 2.26. The third kappa shape index (κ3) is 4.98. The van der Waals surface area contributed by atoms with Gasteiger partial charge in [0.25, 0.3) is 0 Å². The first kappa shape index (κ1) is 17.3. The van der Waals surface area contributed by atoms with Gasteiger partial charge in [-0.25, -0.2) is 0 Å². The summed E-state index contributed by atoms with van der Waals surface area (Å²) in [6, 6.07) is 5.29. The summed E-state index contributed by atoms with van der Waals surface area (Å²) in [5.41, 5.74) is 0.580. The maximum atomic E-state index is 12.0. The molecule has 9 heteroatoms. The zero-order valence-electron chi connectivity index (χ0n) is 11.8. The first-order valence-corrected chi connectivity index (χ1v) is 8.50. The summed E-state index contributed by atoms with van der Waals surface area (Å²) < 4.78 is 7.71. The predicted molar refractivity (Wildman–Crippen MR) is 90.4 cm³/mol. The van der Waals surface area contributed by atoms with E-state index in [1.807, 2.05) is 10.6 Å². The number of anilines is 1. The van der Waals surface area contributed by atoms with Crippen LogP contribution in [-0.4, -0.2) is 40.1 Å². The zero-order valence-corrected chi connectivity index (χ0v) is 14.9. The van der Waals surface area contributed by atoms with Gasteiger partial charge in [-0.3, -0.25) is 4.79 Å². The van der Waals surface area contributed by atoms with Crippen molar-refractivity contribution in [1.29, 1.82) is 0 Å². The number of thioether (sulfide) groups is 1. The lowest BCUT2D eigenvalue weighted by Crippen LogP contribution is -2.15. The molecule has 0 radical (unpaired) electrons. The summed E-state index contributed by atoms with van der Waals surface area (Å²) in [5.74, 6) is 0.0634. The number of methoxy groups -OCH3 is 1. The molecule has 1 aromatic heterocycles. The van der Waals surface area contributed by atoms with E-state index in [1.54, 1.807) is 25.6 Å². The Morgan fingerprint density at radius 3 is 3.09 bits per heavy atom. The van der Waals surface area contributed by atoms with E-state index in [1.165, 1.54) is 11.8 Å². The van der Waals surface area contributed by atoms with Gasteiger partial charge in [-0.2, -0.15) is 0 Å². The normalized spacial score (nSPS) is 10.7. The zero-order chi connectivity index (χ0) is 15.9. The van der Waals surface area contributed by atoms with E-state index in [0.29, 0.717) is 29.0 Å². The number of nitrogens with zero attached hydrogens (tertiary/aromatic N) is 3. The van der Waals surface area contributed by atoms with Gasteiger partial charge in [-0.1, -0.05) is 39.3 Å². The molecule has 0 aliphatic carbocycles. The Kier molecular flexibility index (Phi) is 6.69. The second-order valence-electron chi connectivity index (χ2n) is 4.26. The molecular weight excluding hydrogens is 392 g/mol. The third-order valence-corrected chi connectivity index (χ3v) is 4.44. The van der Waals surface area contributed by atoms with Crippen LogP contribution in [0.3, 0.4) is 0 Å². The molecule has 0 spiro atoms. The number of amides is 1. The average Bonchev–Trinajstić information content (AvgIpc) is 2.93. The van der Waals surface area contributed by atoms with Gasteiger partial charge < -0.3 is 14.6 Å². The fourth-order valence-electron chi connectivity index (χ4n) is 1.61. The number of nitrogens with one attached hydrogen (secondary N) is 1. The lowest BCUT2D eigenvalue weighted by Gasteiger charge is -2.08. The van der Waals surface area contributed by atoms with E-state index in [4.69, 9.17) is 16.3 Å². The molecular formula is C13H14BrClN4O2S. The van der Waals surface area contributed by atoms with Crippen molar-refractivity contribution in [1.82, 2.24) is 14.8 Å². The quantitative estimate of drug-likeness (QED) is 0.717. The largest absolute Gasteiger partial charge is 0.383 e. The number of hydrogen-bond acceptors (Lipinski definition) is 5. The molecule has 0 unspecified atom stereocenters. The molecule has 0 aliphatic rings. The molecule has 2 aromatic rings. The molecule has 0 bridgehead atoms. The Hall–Kier alpha value is -1.09. The molecule has 2 rings (SSSR count). The number of carbonyl (C=O) groups excluding carboxylic acids is 1.